The van der Waals surface area contributed by atoms with Crippen molar-refractivity contribution in [2.75, 3.05) is 32.8 Å². The Hall–Kier alpha value is -2.86. The van der Waals surface area contributed by atoms with Crippen LogP contribution in [-0.2, 0) is 6.42 Å². The first-order valence-corrected chi connectivity index (χ1v) is 13.4. The Morgan fingerprint density at radius 2 is 1.57 bits per heavy atom. The van der Waals surface area contributed by atoms with Crippen LogP contribution in [-0.4, -0.2) is 43.8 Å². The van der Waals surface area contributed by atoms with Crippen LogP contribution in [0.4, 0.5) is 0 Å². The Bertz CT molecular complexity index is 1230. The van der Waals surface area contributed by atoms with E-state index < -0.39 is 0 Å². The van der Waals surface area contributed by atoms with Crippen LogP contribution in [0.5, 0.6) is 11.5 Å². The summed E-state index contributed by atoms with van der Waals surface area (Å²) in [4.78, 5) is 3.80. The summed E-state index contributed by atoms with van der Waals surface area (Å²) < 4.78 is 13.1. The van der Waals surface area contributed by atoms with Gasteiger partial charge in [-0.15, -0.1) is 11.3 Å². The molecule has 1 atom stereocenters. The maximum Gasteiger partial charge on any atom is 0.119 e. The number of hydrogen-bond acceptors (Lipinski definition) is 5. The van der Waals surface area contributed by atoms with Crippen molar-refractivity contribution in [3.05, 3.63) is 83.9 Å². The van der Waals surface area contributed by atoms with Crippen molar-refractivity contribution in [3.8, 4) is 21.9 Å². The lowest BCUT2D eigenvalue weighted by atomic mass is 9.99. The van der Waals surface area contributed by atoms with Crippen LogP contribution in [0.1, 0.15) is 30.9 Å². The molecule has 1 aliphatic rings. The van der Waals surface area contributed by atoms with Crippen molar-refractivity contribution in [1.29, 1.82) is 0 Å². The summed E-state index contributed by atoms with van der Waals surface area (Å²) in [6.45, 7) is 6.66. The molecule has 0 radical (unpaired) electrons. The van der Waals surface area contributed by atoms with E-state index in [1.54, 1.807) is 0 Å². The van der Waals surface area contributed by atoms with Crippen molar-refractivity contribution in [1.82, 2.24) is 4.90 Å². The van der Waals surface area contributed by atoms with E-state index in [4.69, 9.17) is 15.2 Å². The highest BCUT2D eigenvalue weighted by molar-refractivity contribution is 7.22. The molecule has 5 rings (SSSR count). The van der Waals surface area contributed by atoms with Gasteiger partial charge in [0, 0.05) is 22.2 Å². The second-order valence-electron chi connectivity index (χ2n) is 9.44. The summed E-state index contributed by atoms with van der Waals surface area (Å²) in [5.41, 5.74) is 9.71. The second-order valence-corrected chi connectivity index (χ2v) is 10.5. The minimum absolute atomic E-state index is 0.0192. The molecule has 1 saturated heterocycles. The third kappa shape index (κ3) is 6.04. The van der Waals surface area contributed by atoms with Crippen LogP contribution in [0.2, 0.25) is 0 Å². The molecule has 1 fully saturated rings. The molecular weight excluding hydrogens is 452 g/mol. The topological polar surface area (TPSA) is 47.7 Å². The van der Waals surface area contributed by atoms with Gasteiger partial charge in [0.25, 0.3) is 0 Å². The minimum Gasteiger partial charge on any atom is -0.492 e. The number of nitrogens with zero attached hydrogens (tertiary/aromatic N) is 1. The molecule has 4 aromatic rings. The number of likely N-dealkylation sites (tertiary alicyclic amines) is 1. The van der Waals surface area contributed by atoms with E-state index in [1.807, 2.05) is 30.4 Å². The van der Waals surface area contributed by atoms with Crippen LogP contribution < -0.4 is 15.2 Å². The Morgan fingerprint density at radius 3 is 2.31 bits per heavy atom. The highest BCUT2D eigenvalue weighted by Gasteiger charge is 2.15. The number of thiophene rings is 1. The smallest absolute Gasteiger partial charge is 0.119 e. The molecule has 182 valence electrons. The van der Waals surface area contributed by atoms with Crippen LogP contribution in [0.25, 0.3) is 20.5 Å². The summed E-state index contributed by atoms with van der Waals surface area (Å²) in [5, 5.41) is 1.33. The quantitative estimate of drug-likeness (QED) is 0.283. The molecule has 3 aromatic carbocycles. The SMILES string of the molecule is C[C@@H](N)COc1ccc(-c2sc3ccccc3c2Cc2ccc(OCCN3CCCC3)cc2)cc1. The van der Waals surface area contributed by atoms with Gasteiger partial charge in [0.05, 0.1) is 0 Å². The predicted octanol–water partition coefficient (Wildman–Crippen LogP) is 6.36. The highest BCUT2D eigenvalue weighted by atomic mass is 32.1. The van der Waals surface area contributed by atoms with Crippen molar-refractivity contribution in [3.63, 3.8) is 0 Å². The first kappa shape index (κ1) is 23.9. The molecular formula is C30H34N2O2S. The Balaban J connectivity index is 1.32. The Labute approximate surface area is 212 Å². The van der Waals surface area contributed by atoms with Crippen molar-refractivity contribution in [2.45, 2.75) is 32.2 Å². The largest absolute Gasteiger partial charge is 0.492 e. The molecule has 0 unspecified atom stereocenters. The standard InChI is InChI=1S/C30H34N2O2S/c1-22(31)21-34-26-14-10-24(11-15-26)30-28(27-6-2-3-7-29(27)35-30)20-23-8-12-25(13-9-23)33-19-18-32-16-4-5-17-32/h2-3,6-15,22H,4-5,16-21,31H2,1H3/t22-/m1/s1. The fraction of sp³-hybridized carbons (Fsp3) is 0.333. The predicted molar refractivity (Wildman–Crippen MR) is 147 cm³/mol. The third-order valence-electron chi connectivity index (χ3n) is 6.51. The summed E-state index contributed by atoms with van der Waals surface area (Å²) >= 11 is 1.86. The van der Waals surface area contributed by atoms with Crippen LogP contribution >= 0.6 is 11.3 Å². The summed E-state index contributed by atoms with van der Waals surface area (Å²) in [6, 6.07) is 25.7. The molecule has 2 heterocycles. The molecule has 0 amide bonds. The molecule has 5 heteroatoms. The first-order valence-electron chi connectivity index (χ1n) is 12.6. The van der Waals surface area contributed by atoms with Gasteiger partial charge < -0.3 is 15.2 Å². The van der Waals surface area contributed by atoms with Gasteiger partial charge in [0.15, 0.2) is 0 Å². The van der Waals surface area contributed by atoms with E-state index >= 15 is 0 Å². The number of hydrogen-bond donors (Lipinski definition) is 1. The third-order valence-corrected chi connectivity index (χ3v) is 7.77. The Kier molecular flexibility index (Phi) is 7.67. The highest BCUT2D eigenvalue weighted by Crippen LogP contribution is 2.40. The monoisotopic (exact) mass is 486 g/mol. The zero-order valence-electron chi connectivity index (χ0n) is 20.4. The number of ether oxygens (including phenoxy) is 2. The molecule has 0 saturated carbocycles. The van der Waals surface area contributed by atoms with Gasteiger partial charge >= 0.3 is 0 Å². The van der Waals surface area contributed by atoms with Crippen LogP contribution in [0.3, 0.4) is 0 Å². The lowest BCUT2D eigenvalue weighted by Crippen LogP contribution is -2.25. The maximum absolute atomic E-state index is 6.01. The van der Waals surface area contributed by atoms with E-state index in [0.29, 0.717) is 6.61 Å². The Morgan fingerprint density at radius 1 is 0.886 bits per heavy atom. The second kappa shape index (κ2) is 11.3. The normalized spacial score (nSPS) is 14.9. The molecule has 1 aliphatic heterocycles. The molecule has 4 nitrogen and oxygen atoms in total. The number of nitrogens with two attached hydrogens (primary N) is 1. The first-order chi connectivity index (χ1) is 17.2. The zero-order chi connectivity index (χ0) is 24.0. The fourth-order valence-corrected chi connectivity index (χ4v) is 5.87. The van der Waals surface area contributed by atoms with Gasteiger partial charge in [-0.25, -0.2) is 0 Å². The number of fused-ring (bicyclic) bond motifs is 1. The summed E-state index contributed by atoms with van der Waals surface area (Å²) in [5.74, 6) is 1.81. The molecule has 35 heavy (non-hydrogen) atoms. The lowest BCUT2D eigenvalue weighted by Gasteiger charge is -2.15. The maximum atomic E-state index is 6.01. The van der Waals surface area contributed by atoms with E-state index in [0.717, 1.165) is 31.1 Å². The van der Waals surface area contributed by atoms with Crippen molar-refractivity contribution >= 4 is 21.4 Å². The average molecular weight is 487 g/mol. The van der Waals surface area contributed by atoms with E-state index in [-0.39, 0.29) is 6.04 Å². The van der Waals surface area contributed by atoms with E-state index in [1.165, 1.54) is 57.6 Å². The summed E-state index contributed by atoms with van der Waals surface area (Å²) in [6.07, 6.45) is 3.52. The van der Waals surface area contributed by atoms with Crippen LogP contribution in [0, 0.1) is 0 Å². The van der Waals surface area contributed by atoms with E-state index in [9.17, 15) is 0 Å². The van der Waals surface area contributed by atoms with Gasteiger partial charge in [-0.1, -0.05) is 30.3 Å². The van der Waals surface area contributed by atoms with Gasteiger partial charge in [0.1, 0.15) is 24.7 Å². The molecule has 0 bridgehead atoms. The van der Waals surface area contributed by atoms with Gasteiger partial charge in [-0.3, -0.25) is 4.90 Å². The molecule has 0 spiro atoms. The number of benzene rings is 3. The molecule has 2 N–H and O–H groups in total. The van der Waals surface area contributed by atoms with E-state index in [2.05, 4.69) is 65.6 Å². The van der Waals surface area contributed by atoms with Gasteiger partial charge in [-0.2, -0.15) is 0 Å². The molecule has 0 aliphatic carbocycles. The molecule has 1 aromatic heterocycles. The average Bonchev–Trinajstić information content (AvgIpc) is 3.52. The number of rotatable bonds is 10. The van der Waals surface area contributed by atoms with Crippen molar-refractivity contribution < 1.29 is 9.47 Å². The summed E-state index contributed by atoms with van der Waals surface area (Å²) in [7, 11) is 0. The van der Waals surface area contributed by atoms with Crippen LogP contribution in [0.15, 0.2) is 72.8 Å². The van der Waals surface area contributed by atoms with Crippen molar-refractivity contribution in [2.24, 2.45) is 5.73 Å². The minimum atomic E-state index is 0.0192. The van der Waals surface area contributed by atoms with Gasteiger partial charge in [0.2, 0.25) is 0 Å². The van der Waals surface area contributed by atoms with Gasteiger partial charge in [-0.05, 0) is 104 Å². The zero-order valence-corrected chi connectivity index (χ0v) is 21.2. The lowest BCUT2D eigenvalue weighted by molar-refractivity contribution is 0.238. The fourth-order valence-electron chi connectivity index (χ4n) is 4.64.